The van der Waals surface area contributed by atoms with Crippen LogP contribution in [0.2, 0.25) is 0 Å². The summed E-state index contributed by atoms with van der Waals surface area (Å²) in [6, 6.07) is 17.7. The Morgan fingerprint density at radius 3 is 2.10 bits per heavy atom. The first-order chi connectivity index (χ1) is 23.1. The molecule has 2 unspecified atom stereocenters. The van der Waals surface area contributed by atoms with Crippen LogP contribution in [0.5, 0.6) is 0 Å². The highest BCUT2D eigenvalue weighted by atomic mass is 16.5. The number of nitrogens with zero attached hydrogens (tertiary/aromatic N) is 3. The Balaban J connectivity index is 1.62. The number of aliphatic hydroxyl groups excluding tert-OH is 1. The van der Waals surface area contributed by atoms with Crippen LogP contribution in [0.15, 0.2) is 86.0 Å². The third-order valence-corrected chi connectivity index (χ3v) is 10.8. The normalized spacial score (nSPS) is 26.7. The van der Waals surface area contributed by atoms with Crippen LogP contribution >= 0.6 is 0 Å². The van der Waals surface area contributed by atoms with Crippen LogP contribution in [0.1, 0.15) is 71.9 Å². The van der Waals surface area contributed by atoms with Crippen molar-refractivity contribution in [2.24, 2.45) is 17.3 Å². The highest BCUT2D eigenvalue weighted by Crippen LogP contribution is 2.64. The quantitative estimate of drug-likeness (QED) is 0.257. The van der Waals surface area contributed by atoms with E-state index in [0.717, 1.165) is 11.1 Å². The molecule has 6 atom stereocenters. The molecule has 5 rings (SSSR count). The van der Waals surface area contributed by atoms with Gasteiger partial charge < -0.3 is 24.5 Å². The molecule has 3 heterocycles. The molecule has 0 saturated carbocycles. The van der Waals surface area contributed by atoms with Crippen molar-refractivity contribution in [3.05, 3.63) is 97.1 Å². The molecule has 2 bridgehead atoms. The number of carbonyl (C=O) groups is 3. The maximum atomic E-state index is 15.3. The number of amides is 3. The van der Waals surface area contributed by atoms with E-state index in [-0.39, 0.29) is 36.3 Å². The second-order valence-electron chi connectivity index (χ2n) is 16.3. The van der Waals surface area contributed by atoms with Crippen LogP contribution in [0, 0.1) is 17.3 Å². The molecular formula is C41H55N3O5. The van der Waals surface area contributed by atoms with Crippen LogP contribution in [0.25, 0.3) is 0 Å². The molecule has 8 heteroatoms. The number of ether oxygens (including phenoxy) is 1. The fraction of sp³-hybridized carbons (Fsp3) is 0.537. The van der Waals surface area contributed by atoms with Gasteiger partial charge in [0.15, 0.2) is 0 Å². The van der Waals surface area contributed by atoms with Crippen molar-refractivity contribution in [1.29, 1.82) is 0 Å². The molecule has 3 amide bonds. The molecule has 3 aliphatic heterocycles. The Bertz CT molecular complexity index is 1540. The van der Waals surface area contributed by atoms with Gasteiger partial charge in [0.1, 0.15) is 11.6 Å². The van der Waals surface area contributed by atoms with Gasteiger partial charge >= 0.3 is 0 Å². The van der Waals surface area contributed by atoms with Crippen molar-refractivity contribution in [3.63, 3.8) is 0 Å². The van der Waals surface area contributed by atoms with E-state index in [4.69, 9.17) is 4.74 Å². The fourth-order valence-corrected chi connectivity index (χ4v) is 9.24. The molecule has 0 radical (unpaired) electrons. The zero-order valence-corrected chi connectivity index (χ0v) is 30.2. The average Bonchev–Trinajstić information content (AvgIpc) is 3.62. The molecule has 8 nitrogen and oxygen atoms in total. The minimum absolute atomic E-state index is 0.0865. The molecule has 264 valence electrons. The molecule has 0 aromatic heterocycles. The van der Waals surface area contributed by atoms with E-state index >= 15 is 9.59 Å². The lowest BCUT2D eigenvalue weighted by Gasteiger charge is -2.46. The first kappa shape index (κ1) is 36.5. The lowest BCUT2D eigenvalue weighted by molar-refractivity contribution is -0.160. The van der Waals surface area contributed by atoms with Crippen molar-refractivity contribution in [2.45, 2.75) is 103 Å². The molecule has 1 N–H and O–H groups in total. The monoisotopic (exact) mass is 669 g/mol. The van der Waals surface area contributed by atoms with Crippen LogP contribution in [0.4, 0.5) is 0 Å². The first-order valence-electron chi connectivity index (χ1n) is 17.7. The molecule has 49 heavy (non-hydrogen) atoms. The van der Waals surface area contributed by atoms with Gasteiger partial charge in [0.05, 0.1) is 30.1 Å². The van der Waals surface area contributed by atoms with Crippen LogP contribution in [-0.2, 0) is 32.1 Å². The van der Waals surface area contributed by atoms with Gasteiger partial charge in [-0.15, -0.1) is 13.2 Å². The molecule has 0 aliphatic carbocycles. The summed E-state index contributed by atoms with van der Waals surface area (Å²) in [5.74, 6) is -2.40. The van der Waals surface area contributed by atoms with Gasteiger partial charge in [0.2, 0.25) is 17.7 Å². The number of rotatable bonds is 14. The fourth-order valence-electron chi connectivity index (χ4n) is 9.24. The van der Waals surface area contributed by atoms with Gasteiger partial charge in [0, 0.05) is 25.2 Å². The van der Waals surface area contributed by atoms with Crippen molar-refractivity contribution in [2.75, 3.05) is 19.7 Å². The van der Waals surface area contributed by atoms with E-state index in [9.17, 15) is 9.90 Å². The molecule has 3 saturated heterocycles. The lowest BCUT2D eigenvalue weighted by Crippen LogP contribution is -2.62. The second-order valence-corrected chi connectivity index (χ2v) is 16.3. The van der Waals surface area contributed by atoms with Gasteiger partial charge in [-0.05, 0) is 63.0 Å². The summed E-state index contributed by atoms with van der Waals surface area (Å²) < 4.78 is 7.01. The molecule has 1 spiro atoms. The van der Waals surface area contributed by atoms with E-state index in [2.05, 4.69) is 47.8 Å². The molecule has 2 aromatic carbocycles. The zero-order chi connectivity index (χ0) is 35.8. The minimum atomic E-state index is -1.23. The van der Waals surface area contributed by atoms with Crippen LogP contribution in [0.3, 0.4) is 0 Å². The summed E-state index contributed by atoms with van der Waals surface area (Å²) in [4.78, 5) is 50.3. The number of carbonyl (C=O) groups excluding carboxylic acids is 3. The third kappa shape index (κ3) is 6.87. The van der Waals surface area contributed by atoms with Crippen LogP contribution in [-0.4, -0.2) is 86.0 Å². The van der Waals surface area contributed by atoms with E-state index in [1.165, 1.54) is 0 Å². The predicted octanol–water partition coefficient (Wildman–Crippen LogP) is 5.80. The summed E-state index contributed by atoms with van der Waals surface area (Å²) in [7, 11) is 0. The predicted molar refractivity (Wildman–Crippen MR) is 192 cm³/mol. The summed E-state index contributed by atoms with van der Waals surface area (Å²) in [5, 5.41) is 10.9. The van der Waals surface area contributed by atoms with Crippen LogP contribution < -0.4 is 0 Å². The Hall–Kier alpha value is -3.75. The Kier molecular flexibility index (Phi) is 10.3. The molecule has 2 aromatic rings. The van der Waals surface area contributed by atoms with Gasteiger partial charge in [0.25, 0.3) is 0 Å². The summed E-state index contributed by atoms with van der Waals surface area (Å²) >= 11 is 0. The Morgan fingerprint density at radius 2 is 1.55 bits per heavy atom. The first-order valence-corrected chi connectivity index (χ1v) is 17.7. The maximum Gasteiger partial charge on any atom is 0.249 e. The SMILES string of the molecule is C=CCN(Cc1ccccc1)C(=O)[C@H]1[C@H]2C(=O)N([C@@H](CO)Cc3ccccc3)C(C(=O)N(CC=C)C(C)(C)CC(C)(C)C)C23CC[C@]1(C)O3. The van der Waals surface area contributed by atoms with Crippen molar-refractivity contribution in [3.8, 4) is 0 Å². The summed E-state index contributed by atoms with van der Waals surface area (Å²) in [6.45, 7) is 21.0. The molecule has 3 fully saturated rings. The molecular weight excluding hydrogens is 614 g/mol. The largest absolute Gasteiger partial charge is 0.394 e. The Labute approximate surface area is 292 Å². The van der Waals surface area contributed by atoms with E-state index < -0.39 is 40.7 Å². The van der Waals surface area contributed by atoms with E-state index in [1.54, 1.807) is 22.0 Å². The number of benzene rings is 2. The lowest BCUT2D eigenvalue weighted by atomic mass is 9.66. The topological polar surface area (TPSA) is 90.4 Å². The summed E-state index contributed by atoms with van der Waals surface area (Å²) in [6.07, 6.45) is 5.49. The number of fused-ring (bicyclic) bond motifs is 1. The van der Waals surface area contributed by atoms with Gasteiger partial charge in [-0.3, -0.25) is 14.4 Å². The van der Waals surface area contributed by atoms with Gasteiger partial charge in [-0.2, -0.15) is 0 Å². The van der Waals surface area contributed by atoms with Crippen molar-refractivity contribution < 1.29 is 24.2 Å². The highest BCUT2D eigenvalue weighted by Gasteiger charge is 2.79. The third-order valence-electron chi connectivity index (χ3n) is 10.8. The minimum Gasteiger partial charge on any atom is -0.394 e. The highest BCUT2D eigenvalue weighted by molar-refractivity contribution is 5.99. The number of aliphatic hydroxyl groups is 1. The van der Waals surface area contributed by atoms with Crippen molar-refractivity contribution >= 4 is 17.7 Å². The van der Waals surface area contributed by atoms with E-state index in [1.807, 2.05) is 72.5 Å². The van der Waals surface area contributed by atoms with Gasteiger partial charge in [-0.25, -0.2) is 0 Å². The Morgan fingerprint density at radius 1 is 0.959 bits per heavy atom. The maximum absolute atomic E-state index is 15.3. The van der Waals surface area contributed by atoms with E-state index in [0.29, 0.717) is 38.8 Å². The zero-order valence-electron chi connectivity index (χ0n) is 30.2. The second kappa shape index (κ2) is 13.9. The standard InChI is InChI=1S/C41H55N3O5/c1-9-23-42(26-30-19-15-12-16-20-30)35(46)32-33-36(47)44(31(27-45)25-29-17-13-11-14-18-29)34(41(33)22-21-40(32,8)49-41)37(48)43(24-10-2)39(6,7)28-38(3,4)5/h9-20,31-34,45H,1-2,21-28H2,3-8H3/t31-,32-,33+,34?,40+,41?/m1/s1. The number of hydrogen-bond donors (Lipinski definition) is 1. The number of likely N-dealkylation sites (tertiary alicyclic amines) is 1. The van der Waals surface area contributed by atoms with Gasteiger partial charge in [-0.1, -0.05) is 93.6 Å². The smallest absolute Gasteiger partial charge is 0.249 e. The van der Waals surface area contributed by atoms with Crippen molar-refractivity contribution in [1.82, 2.24) is 14.7 Å². The summed E-state index contributed by atoms with van der Waals surface area (Å²) in [5.41, 5.74) is -0.924. The average molecular weight is 670 g/mol. The number of hydrogen-bond acceptors (Lipinski definition) is 5. The molecule has 3 aliphatic rings.